The van der Waals surface area contributed by atoms with Crippen LogP contribution in [0.5, 0.6) is 0 Å². The van der Waals surface area contributed by atoms with Gasteiger partial charge in [0.05, 0.1) is 31.4 Å². The van der Waals surface area contributed by atoms with E-state index in [9.17, 15) is 35.9 Å². The summed E-state index contributed by atoms with van der Waals surface area (Å²) in [6.07, 6.45) is -5.50. The summed E-state index contributed by atoms with van der Waals surface area (Å²) in [4.78, 5) is 31.5. The smallest absolute Gasteiger partial charge is 0.382 e. The number of anilines is 1. The largest absolute Gasteiger partial charge is 0.400 e. The molecule has 3 aromatic rings. The number of nitrogens with one attached hydrogen (secondary N) is 1. The van der Waals surface area contributed by atoms with E-state index in [1.54, 1.807) is 6.07 Å². The number of carbonyl (C=O) groups is 2. The molecule has 4 heterocycles. The Hall–Kier alpha value is -3.95. The molecule has 2 unspecified atom stereocenters. The van der Waals surface area contributed by atoms with Crippen LogP contribution in [0.1, 0.15) is 28.4 Å². The Morgan fingerprint density at radius 3 is 2.52 bits per heavy atom. The molecule has 3 N–H and O–H groups in total. The normalized spacial score (nSPS) is 21.4. The molecule has 2 fully saturated rings. The van der Waals surface area contributed by atoms with Crippen LogP contribution in [0.25, 0.3) is 16.8 Å². The van der Waals surface area contributed by atoms with Gasteiger partial charge in [0.15, 0.2) is 5.82 Å². The van der Waals surface area contributed by atoms with Crippen molar-refractivity contribution in [2.75, 3.05) is 31.9 Å². The Kier molecular flexibility index (Phi) is 7.31. The van der Waals surface area contributed by atoms with Crippen LogP contribution in [0.4, 0.5) is 36.6 Å². The lowest BCUT2D eigenvalue weighted by Crippen LogP contribution is -2.55. The molecule has 3 atom stereocenters. The number of fused-ring (bicyclic) bond motifs is 1. The number of alkyl halides is 6. The molecular formula is C26H26F7N7O2. The predicted molar refractivity (Wildman–Crippen MR) is 136 cm³/mol. The second kappa shape index (κ2) is 10.4. The summed E-state index contributed by atoms with van der Waals surface area (Å²) in [6, 6.07) is 2.71. The lowest BCUT2D eigenvalue weighted by Gasteiger charge is -2.38. The van der Waals surface area contributed by atoms with E-state index in [0.717, 1.165) is 12.4 Å². The second-order valence-corrected chi connectivity index (χ2v) is 10.7. The maximum absolute atomic E-state index is 15.1. The lowest BCUT2D eigenvalue weighted by atomic mass is 10.0. The van der Waals surface area contributed by atoms with Gasteiger partial charge in [-0.1, -0.05) is 0 Å². The minimum atomic E-state index is -4.81. The van der Waals surface area contributed by atoms with E-state index < -0.39 is 74.0 Å². The van der Waals surface area contributed by atoms with E-state index in [2.05, 4.69) is 15.4 Å². The van der Waals surface area contributed by atoms with Gasteiger partial charge in [-0.25, -0.2) is 27.1 Å². The van der Waals surface area contributed by atoms with Crippen molar-refractivity contribution in [2.45, 2.75) is 44.7 Å². The molecule has 0 bridgehead atoms. The van der Waals surface area contributed by atoms with Gasteiger partial charge >= 0.3 is 6.18 Å². The molecule has 2 amide bonds. The van der Waals surface area contributed by atoms with Crippen molar-refractivity contribution in [2.24, 2.45) is 5.92 Å². The molecule has 16 heteroatoms. The third-order valence-corrected chi connectivity index (χ3v) is 7.59. The molecule has 226 valence electrons. The van der Waals surface area contributed by atoms with E-state index in [4.69, 9.17) is 5.73 Å². The number of rotatable bonds is 6. The fourth-order valence-corrected chi connectivity index (χ4v) is 5.23. The number of halogens is 7. The van der Waals surface area contributed by atoms with Gasteiger partial charge in [0.25, 0.3) is 11.8 Å². The molecule has 42 heavy (non-hydrogen) atoms. The van der Waals surface area contributed by atoms with Crippen molar-refractivity contribution >= 4 is 23.1 Å². The zero-order valence-corrected chi connectivity index (χ0v) is 22.4. The number of aromatic nitrogens is 3. The van der Waals surface area contributed by atoms with Gasteiger partial charge in [0, 0.05) is 24.2 Å². The number of hydrogen-bond donors (Lipinski definition) is 2. The minimum Gasteiger partial charge on any atom is -0.382 e. The van der Waals surface area contributed by atoms with Crippen molar-refractivity contribution in [3.05, 3.63) is 47.0 Å². The molecule has 2 aliphatic rings. The Morgan fingerprint density at radius 2 is 1.88 bits per heavy atom. The van der Waals surface area contributed by atoms with Crippen LogP contribution < -0.4 is 11.1 Å². The zero-order valence-electron chi connectivity index (χ0n) is 22.4. The fourth-order valence-electron chi connectivity index (χ4n) is 5.23. The minimum absolute atomic E-state index is 0.0539. The number of hydrogen-bond acceptors (Lipinski definition) is 6. The summed E-state index contributed by atoms with van der Waals surface area (Å²) in [5.74, 6) is -8.11. The van der Waals surface area contributed by atoms with Crippen molar-refractivity contribution in [3.63, 3.8) is 0 Å². The van der Waals surface area contributed by atoms with Crippen LogP contribution in [0.15, 0.2) is 24.5 Å². The van der Waals surface area contributed by atoms with Gasteiger partial charge in [0.1, 0.15) is 29.8 Å². The van der Waals surface area contributed by atoms with Gasteiger partial charge in [-0.2, -0.15) is 18.3 Å². The number of benzene rings is 1. The third kappa shape index (κ3) is 5.46. The molecule has 2 saturated heterocycles. The molecule has 0 spiro atoms. The van der Waals surface area contributed by atoms with Gasteiger partial charge in [-0.05, 0) is 43.2 Å². The summed E-state index contributed by atoms with van der Waals surface area (Å²) in [6.45, 7) is 0.0410. The van der Waals surface area contributed by atoms with E-state index in [1.807, 2.05) is 0 Å². The predicted octanol–water partition coefficient (Wildman–Crippen LogP) is 3.35. The molecule has 9 nitrogen and oxygen atoms in total. The summed E-state index contributed by atoms with van der Waals surface area (Å²) >= 11 is 0. The Bertz CT molecular complexity index is 1550. The first-order valence-electron chi connectivity index (χ1n) is 12.9. The number of likely N-dealkylation sites (tertiary alicyclic amines) is 2. The van der Waals surface area contributed by atoms with E-state index in [0.29, 0.717) is 22.9 Å². The van der Waals surface area contributed by atoms with Gasteiger partial charge in [-0.15, -0.1) is 0 Å². The molecule has 0 radical (unpaired) electrons. The molecule has 0 saturated carbocycles. The van der Waals surface area contributed by atoms with Gasteiger partial charge in [-0.3, -0.25) is 14.5 Å². The molecular weight excluding hydrogens is 575 g/mol. The number of nitrogens with zero attached hydrogens (tertiary/aromatic N) is 5. The first-order chi connectivity index (χ1) is 19.6. The maximum atomic E-state index is 15.1. The number of nitrogens with two attached hydrogens (primary N) is 1. The summed E-state index contributed by atoms with van der Waals surface area (Å²) in [5, 5.41) is 6.53. The molecule has 2 aliphatic heterocycles. The Morgan fingerprint density at radius 1 is 1.19 bits per heavy atom. The highest BCUT2D eigenvalue weighted by molar-refractivity contribution is 5.97. The first-order valence-corrected chi connectivity index (χ1v) is 12.9. The molecule has 2 aromatic heterocycles. The quantitative estimate of drug-likeness (QED) is 0.420. The van der Waals surface area contributed by atoms with E-state index in [-0.39, 0.29) is 34.7 Å². The summed E-state index contributed by atoms with van der Waals surface area (Å²) in [5.41, 5.74) is 7.03. The average Bonchev–Trinajstić information content (AvgIpc) is 3.44. The van der Waals surface area contributed by atoms with E-state index in [1.165, 1.54) is 22.4 Å². The Labute approximate surface area is 234 Å². The maximum Gasteiger partial charge on any atom is 0.400 e. The summed E-state index contributed by atoms with van der Waals surface area (Å²) < 4.78 is 96.9. The Balaban J connectivity index is 1.42. The second-order valence-electron chi connectivity index (χ2n) is 10.7. The van der Waals surface area contributed by atoms with Crippen LogP contribution in [0, 0.1) is 18.7 Å². The standard InChI is InChI=1S/C26H26F7N7O2/c1-12-16(23(41)37-19-8-39(7-18(19)28)24(42)13(2)26(31,32)33)3-14(4-17(12)27)20-5-15(6-38-9-25(29,30)10-38)21-22(34)35-11-36-40(20)21/h3-5,11,13,18-19H,6-10H2,1-2H3,(H,37,41)(H2,34,35,36)/t13?,18?,19-/m1/s1. The van der Waals surface area contributed by atoms with Crippen LogP contribution in [0.3, 0.4) is 0 Å². The van der Waals surface area contributed by atoms with Crippen LogP contribution in [0.2, 0.25) is 0 Å². The summed E-state index contributed by atoms with van der Waals surface area (Å²) in [7, 11) is 0. The topological polar surface area (TPSA) is 109 Å². The molecule has 1 aromatic carbocycles. The zero-order chi connectivity index (χ0) is 30.7. The van der Waals surface area contributed by atoms with Gasteiger partial charge in [0.2, 0.25) is 5.91 Å². The lowest BCUT2D eigenvalue weighted by molar-refractivity contribution is -0.185. The van der Waals surface area contributed by atoms with Crippen molar-refractivity contribution in [1.29, 1.82) is 0 Å². The average molecular weight is 602 g/mol. The number of carbonyl (C=O) groups excluding carboxylic acids is 2. The van der Waals surface area contributed by atoms with Gasteiger partial charge < -0.3 is 16.0 Å². The molecule has 5 rings (SSSR count). The van der Waals surface area contributed by atoms with Crippen LogP contribution in [-0.4, -0.2) is 86.7 Å². The van der Waals surface area contributed by atoms with Crippen molar-refractivity contribution in [3.8, 4) is 11.3 Å². The molecule has 0 aliphatic carbocycles. The SMILES string of the molecule is Cc1c(F)cc(-c2cc(CN3CC(F)(F)C3)c3c(N)ncnn23)cc1C(=O)N[C@@H]1CN(C(=O)C(C)C(F)(F)F)CC1F. The highest BCUT2D eigenvalue weighted by atomic mass is 19.4. The monoisotopic (exact) mass is 601 g/mol. The van der Waals surface area contributed by atoms with Crippen LogP contribution >= 0.6 is 0 Å². The van der Waals surface area contributed by atoms with E-state index >= 15 is 4.39 Å². The highest BCUT2D eigenvalue weighted by Gasteiger charge is 2.47. The number of nitrogen functional groups attached to an aromatic ring is 1. The highest BCUT2D eigenvalue weighted by Crippen LogP contribution is 2.34. The van der Waals surface area contributed by atoms with Crippen molar-refractivity contribution < 1.29 is 40.3 Å². The third-order valence-electron chi connectivity index (χ3n) is 7.59. The van der Waals surface area contributed by atoms with Crippen LogP contribution in [-0.2, 0) is 11.3 Å². The first kappa shape index (κ1) is 29.5. The fraction of sp³-hybridized carbons (Fsp3) is 0.462. The number of amides is 2. The van der Waals surface area contributed by atoms with Crippen molar-refractivity contribution in [1.82, 2.24) is 29.7 Å².